The number of anilines is 1. The first-order valence-corrected chi connectivity index (χ1v) is 16.7. The summed E-state index contributed by atoms with van der Waals surface area (Å²) in [6.45, 7) is 1.58. The van der Waals surface area contributed by atoms with Gasteiger partial charge in [-0.25, -0.2) is 8.42 Å². The Bertz CT molecular complexity index is 1490. The van der Waals surface area contributed by atoms with Crippen molar-refractivity contribution in [2.75, 3.05) is 17.1 Å². The van der Waals surface area contributed by atoms with Gasteiger partial charge in [-0.15, -0.1) is 0 Å². The zero-order valence-electron chi connectivity index (χ0n) is 23.9. The van der Waals surface area contributed by atoms with Crippen LogP contribution in [0.5, 0.6) is 0 Å². The maximum atomic E-state index is 14.3. The summed E-state index contributed by atoms with van der Waals surface area (Å²) in [5, 5.41) is 3.64. The Balaban J connectivity index is 1.74. The molecule has 224 valence electrons. The van der Waals surface area contributed by atoms with Crippen LogP contribution in [0.25, 0.3) is 0 Å². The number of nitrogens with one attached hydrogen (secondary N) is 1. The number of halogens is 2. The molecule has 0 aromatic heterocycles. The highest BCUT2D eigenvalue weighted by Crippen LogP contribution is 2.29. The smallest absolute Gasteiger partial charge is 0.244 e. The maximum Gasteiger partial charge on any atom is 0.244 e. The third kappa shape index (κ3) is 8.49. The number of carbonyl (C=O) groups is 2. The number of nitrogens with zero attached hydrogens (tertiary/aromatic N) is 2. The van der Waals surface area contributed by atoms with Crippen LogP contribution in [0.4, 0.5) is 5.69 Å². The topological polar surface area (TPSA) is 86.8 Å². The second-order valence-corrected chi connectivity index (χ2v) is 13.6. The molecule has 0 saturated heterocycles. The van der Waals surface area contributed by atoms with Gasteiger partial charge in [0.15, 0.2) is 0 Å². The first kappa shape index (κ1) is 31.9. The number of sulfonamides is 1. The summed E-state index contributed by atoms with van der Waals surface area (Å²) in [7, 11) is -3.90. The lowest BCUT2D eigenvalue weighted by Gasteiger charge is -2.35. The minimum Gasteiger partial charge on any atom is -0.352 e. The molecule has 0 spiro atoms. The normalized spacial score (nSPS) is 14.7. The van der Waals surface area contributed by atoms with Crippen molar-refractivity contribution in [2.45, 2.75) is 64.1 Å². The van der Waals surface area contributed by atoms with E-state index in [2.05, 4.69) is 5.32 Å². The van der Waals surface area contributed by atoms with Gasteiger partial charge >= 0.3 is 0 Å². The van der Waals surface area contributed by atoms with E-state index in [-0.39, 0.29) is 40.6 Å². The van der Waals surface area contributed by atoms with Crippen LogP contribution in [0.3, 0.4) is 0 Å². The van der Waals surface area contributed by atoms with Crippen molar-refractivity contribution in [1.29, 1.82) is 0 Å². The monoisotopic (exact) mass is 629 g/mol. The van der Waals surface area contributed by atoms with E-state index in [9.17, 15) is 18.0 Å². The number of carbonyl (C=O) groups excluding carboxylic acids is 2. The fourth-order valence-electron chi connectivity index (χ4n) is 5.32. The van der Waals surface area contributed by atoms with Gasteiger partial charge in [0.2, 0.25) is 21.8 Å². The zero-order chi connectivity index (χ0) is 30.3. The quantitative estimate of drug-likeness (QED) is 0.275. The first-order chi connectivity index (χ1) is 20.0. The van der Waals surface area contributed by atoms with Gasteiger partial charge in [0.05, 0.1) is 22.0 Å². The fourth-order valence-corrected chi connectivity index (χ4v) is 6.46. The Morgan fingerprint density at radius 1 is 0.929 bits per heavy atom. The largest absolute Gasteiger partial charge is 0.352 e. The van der Waals surface area contributed by atoms with Crippen LogP contribution in [0.15, 0.2) is 72.8 Å². The third-order valence-electron chi connectivity index (χ3n) is 7.69. The molecule has 1 aliphatic carbocycles. The molecule has 3 aromatic carbocycles. The van der Waals surface area contributed by atoms with Gasteiger partial charge in [-0.3, -0.25) is 13.9 Å². The Morgan fingerprint density at radius 3 is 2.24 bits per heavy atom. The standard InChI is InChI=1S/C32H37Cl2N3O4S/c1-23-11-9-10-14-25(23)21-36(31(38)22-37(42(2,40)41)27-17-18-28(33)29(34)20-27)30(19-24-12-5-3-6-13-24)32(39)35-26-15-7-4-8-16-26/h3,5-6,9-14,17-18,20,26,30H,4,7-8,15-16,19,21-22H2,1-2H3,(H,35,39)/t30-/m1/s1. The Labute approximate surface area is 258 Å². The van der Waals surface area contributed by atoms with Crippen molar-refractivity contribution in [3.8, 4) is 0 Å². The van der Waals surface area contributed by atoms with Crippen LogP contribution in [-0.2, 0) is 32.6 Å². The number of hydrogen-bond donors (Lipinski definition) is 1. The molecule has 10 heteroatoms. The van der Waals surface area contributed by atoms with Gasteiger partial charge in [-0.05, 0) is 54.7 Å². The van der Waals surface area contributed by atoms with E-state index < -0.39 is 28.5 Å². The Hall–Kier alpha value is -3.07. The van der Waals surface area contributed by atoms with Gasteiger partial charge in [0, 0.05) is 19.0 Å². The molecule has 2 amide bonds. The molecule has 0 unspecified atom stereocenters. The summed E-state index contributed by atoms with van der Waals surface area (Å²) in [5.74, 6) is -0.748. The first-order valence-electron chi connectivity index (χ1n) is 14.1. The summed E-state index contributed by atoms with van der Waals surface area (Å²) in [4.78, 5) is 29.8. The average Bonchev–Trinajstić information content (AvgIpc) is 2.96. The molecule has 0 heterocycles. The second kappa shape index (κ2) is 14.4. The molecule has 0 bridgehead atoms. The molecular weight excluding hydrogens is 593 g/mol. The highest BCUT2D eigenvalue weighted by molar-refractivity contribution is 7.92. The minimum atomic E-state index is -3.90. The molecule has 1 saturated carbocycles. The molecule has 0 radical (unpaired) electrons. The fraction of sp³-hybridized carbons (Fsp3) is 0.375. The number of aryl methyl sites for hydroxylation is 1. The van der Waals surface area contributed by atoms with E-state index in [1.54, 1.807) is 0 Å². The van der Waals surface area contributed by atoms with E-state index in [1.807, 2.05) is 61.5 Å². The molecule has 3 aromatic rings. The van der Waals surface area contributed by atoms with Crippen LogP contribution < -0.4 is 9.62 Å². The Kier molecular flexibility index (Phi) is 10.9. The average molecular weight is 631 g/mol. The highest BCUT2D eigenvalue weighted by Gasteiger charge is 2.34. The summed E-state index contributed by atoms with van der Waals surface area (Å²) in [5.41, 5.74) is 2.94. The van der Waals surface area contributed by atoms with E-state index >= 15 is 0 Å². The number of hydrogen-bond acceptors (Lipinski definition) is 4. The van der Waals surface area contributed by atoms with Crippen LogP contribution in [0.2, 0.25) is 10.0 Å². The van der Waals surface area contributed by atoms with Crippen molar-refractivity contribution >= 4 is 50.7 Å². The lowest BCUT2D eigenvalue weighted by Crippen LogP contribution is -2.55. The Morgan fingerprint density at radius 2 is 1.60 bits per heavy atom. The van der Waals surface area contributed by atoms with Gasteiger partial charge in [-0.2, -0.15) is 0 Å². The van der Waals surface area contributed by atoms with Crippen molar-refractivity contribution in [3.05, 3.63) is 99.5 Å². The van der Waals surface area contributed by atoms with E-state index in [0.29, 0.717) is 0 Å². The van der Waals surface area contributed by atoms with Gasteiger partial charge < -0.3 is 10.2 Å². The van der Waals surface area contributed by atoms with E-state index in [4.69, 9.17) is 23.2 Å². The highest BCUT2D eigenvalue weighted by atomic mass is 35.5. The summed E-state index contributed by atoms with van der Waals surface area (Å²) in [6.07, 6.45) is 6.35. The predicted octanol–water partition coefficient (Wildman–Crippen LogP) is 6.16. The number of rotatable bonds is 11. The molecule has 1 N–H and O–H groups in total. The molecule has 4 rings (SSSR count). The molecule has 1 aliphatic rings. The number of benzene rings is 3. The maximum absolute atomic E-state index is 14.3. The van der Waals surface area contributed by atoms with E-state index in [0.717, 1.165) is 59.4 Å². The van der Waals surface area contributed by atoms with Crippen LogP contribution in [-0.4, -0.2) is 50.0 Å². The van der Waals surface area contributed by atoms with Gasteiger partial charge in [-0.1, -0.05) is 97.1 Å². The minimum absolute atomic E-state index is 0.0451. The van der Waals surface area contributed by atoms with Crippen molar-refractivity contribution in [2.24, 2.45) is 0 Å². The molecule has 1 fully saturated rings. The van der Waals surface area contributed by atoms with Crippen molar-refractivity contribution in [1.82, 2.24) is 10.2 Å². The third-order valence-corrected chi connectivity index (χ3v) is 9.57. The van der Waals surface area contributed by atoms with Crippen LogP contribution >= 0.6 is 23.2 Å². The molecule has 7 nitrogen and oxygen atoms in total. The second-order valence-electron chi connectivity index (χ2n) is 10.9. The molecule has 1 atom stereocenters. The van der Waals surface area contributed by atoms with Crippen molar-refractivity contribution in [3.63, 3.8) is 0 Å². The number of amides is 2. The van der Waals surface area contributed by atoms with E-state index in [1.165, 1.54) is 23.1 Å². The van der Waals surface area contributed by atoms with Crippen LogP contribution in [0, 0.1) is 6.92 Å². The van der Waals surface area contributed by atoms with Gasteiger partial charge in [0.1, 0.15) is 12.6 Å². The summed E-state index contributed by atoms with van der Waals surface area (Å²) in [6, 6.07) is 20.8. The lowest BCUT2D eigenvalue weighted by atomic mass is 9.94. The zero-order valence-corrected chi connectivity index (χ0v) is 26.3. The molecule has 42 heavy (non-hydrogen) atoms. The summed E-state index contributed by atoms with van der Waals surface area (Å²) < 4.78 is 26.9. The molecule has 0 aliphatic heterocycles. The van der Waals surface area contributed by atoms with Crippen LogP contribution in [0.1, 0.15) is 48.8 Å². The lowest BCUT2D eigenvalue weighted by molar-refractivity contribution is -0.140. The summed E-state index contributed by atoms with van der Waals surface area (Å²) >= 11 is 12.3. The predicted molar refractivity (Wildman–Crippen MR) is 169 cm³/mol. The van der Waals surface area contributed by atoms with Crippen molar-refractivity contribution < 1.29 is 18.0 Å². The van der Waals surface area contributed by atoms with Gasteiger partial charge in [0.25, 0.3) is 0 Å². The molecular formula is C32H37Cl2N3O4S. The SMILES string of the molecule is Cc1ccccc1CN(C(=O)CN(c1ccc(Cl)c(Cl)c1)S(C)(=O)=O)[C@H](Cc1ccccc1)C(=O)NC1CCCCC1.